The highest BCUT2D eigenvalue weighted by atomic mass is 19.1. The Balaban J connectivity index is 1.46. The second kappa shape index (κ2) is 9.54. The van der Waals surface area contributed by atoms with Crippen LogP contribution in [0.15, 0.2) is 60.8 Å². The number of carbonyl (C=O) groups is 2. The van der Waals surface area contributed by atoms with E-state index in [0.29, 0.717) is 49.6 Å². The number of primary amides is 1. The van der Waals surface area contributed by atoms with Crippen LogP contribution in [-0.4, -0.2) is 46.4 Å². The predicted octanol–water partition coefficient (Wildman–Crippen LogP) is 3.79. The van der Waals surface area contributed by atoms with E-state index in [0.717, 1.165) is 24.1 Å². The fraction of sp³-hybridized carbons (Fsp3) is 0.333. The first-order chi connectivity index (χ1) is 17.0. The van der Waals surface area contributed by atoms with Gasteiger partial charge in [0.05, 0.1) is 17.2 Å². The molecule has 35 heavy (non-hydrogen) atoms. The van der Waals surface area contributed by atoms with Gasteiger partial charge in [-0.15, -0.1) is 0 Å². The number of rotatable bonds is 5. The molecule has 2 amide bonds. The highest BCUT2D eigenvalue weighted by molar-refractivity contribution is 5.93. The zero-order valence-corrected chi connectivity index (χ0v) is 19.3. The first-order valence-electron chi connectivity index (χ1n) is 11.9. The van der Waals surface area contributed by atoms with Crippen molar-refractivity contribution in [3.05, 3.63) is 83.4 Å². The molecule has 8 heteroatoms. The van der Waals surface area contributed by atoms with Crippen molar-refractivity contribution in [2.24, 2.45) is 5.73 Å². The molecule has 2 fully saturated rings. The number of carbonyl (C=O) groups excluding carboxylic acids is 2. The Morgan fingerprint density at radius 1 is 1.09 bits per heavy atom. The van der Waals surface area contributed by atoms with Gasteiger partial charge in [-0.3, -0.25) is 9.59 Å². The molecule has 2 aliphatic rings. The minimum atomic E-state index is -0.816. The van der Waals surface area contributed by atoms with E-state index in [1.54, 1.807) is 36.5 Å². The van der Waals surface area contributed by atoms with Crippen LogP contribution in [0.5, 0.6) is 0 Å². The number of likely N-dealkylation sites (tertiary alicyclic amines) is 1. The summed E-state index contributed by atoms with van der Waals surface area (Å²) in [5, 5.41) is 0. The smallest absolute Gasteiger partial charge is 0.248 e. The molecule has 3 aromatic rings. The second-order valence-electron chi connectivity index (χ2n) is 9.11. The maximum Gasteiger partial charge on any atom is 0.248 e. The van der Waals surface area contributed by atoms with Crippen molar-refractivity contribution >= 4 is 11.8 Å². The van der Waals surface area contributed by atoms with Crippen LogP contribution >= 0.6 is 0 Å². The Hall–Kier alpha value is -3.65. The van der Waals surface area contributed by atoms with Gasteiger partial charge in [0, 0.05) is 37.1 Å². The molecule has 0 aliphatic carbocycles. The van der Waals surface area contributed by atoms with Crippen molar-refractivity contribution in [2.45, 2.75) is 37.1 Å². The lowest BCUT2D eigenvalue weighted by atomic mass is 9.72. The molecule has 2 N–H and O–H groups in total. The molecule has 0 spiro atoms. The zero-order valence-electron chi connectivity index (χ0n) is 19.3. The molecule has 180 valence electrons. The summed E-state index contributed by atoms with van der Waals surface area (Å²) in [5.41, 5.74) is 7.16. The van der Waals surface area contributed by atoms with Crippen molar-refractivity contribution in [3.63, 3.8) is 0 Å². The second-order valence-corrected chi connectivity index (χ2v) is 9.11. The molecule has 2 saturated heterocycles. The van der Waals surface area contributed by atoms with E-state index >= 15 is 0 Å². The van der Waals surface area contributed by atoms with Crippen molar-refractivity contribution < 1.29 is 18.7 Å². The third-order valence-electron chi connectivity index (χ3n) is 7.09. The van der Waals surface area contributed by atoms with Gasteiger partial charge in [-0.25, -0.2) is 14.4 Å². The van der Waals surface area contributed by atoms with Crippen LogP contribution in [0.25, 0.3) is 11.4 Å². The summed E-state index contributed by atoms with van der Waals surface area (Å²) < 4.78 is 19.7. The summed E-state index contributed by atoms with van der Waals surface area (Å²) in [5.74, 6) is -0.322. The number of hydrogen-bond acceptors (Lipinski definition) is 5. The van der Waals surface area contributed by atoms with Gasteiger partial charge in [0.2, 0.25) is 11.8 Å². The monoisotopic (exact) mass is 474 g/mol. The van der Waals surface area contributed by atoms with Crippen LogP contribution < -0.4 is 5.73 Å². The molecule has 7 nitrogen and oxygen atoms in total. The Bertz CT molecular complexity index is 1240. The average Bonchev–Trinajstić information content (AvgIpc) is 3.39. The van der Waals surface area contributed by atoms with Gasteiger partial charge < -0.3 is 15.4 Å². The van der Waals surface area contributed by atoms with Gasteiger partial charge in [-0.2, -0.15) is 0 Å². The van der Waals surface area contributed by atoms with Crippen LogP contribution in [0, 0.1) is 5.82 Å². The number of ether oxygens (including phenoxy) is 1. The maximum absolute atomic E-state index is 14.2. The van der Waals surface area contributed by atoms with Crippen LogP contribution in [0.3, 0.4) is 0 Å². The summed E-state index contributed by atoms with van der Waals surface area (Å²) in [4.78, 5) is 36.6. The highest BCUT2D eigenvalue weighted by Gasteiger charge is 2.47. The third kappa shape index (κ3) is 4.41. The molecule has 2 aliphatic heterocycles. The molecule has 0 bridgehead atoms. The van der Waals surface area contributed by atoms with Gasteiger partial charge in [0.25, 0.3) is 0 Å². The Morgan fingerprint density at radius 3 is 2.57 bits per heavy atom. The van der Waals surface area contributed by atoms with E-state index in [9.17, 15) is 14.0 Å². The summed E-state index contributed by atoms with van der Waals surface area (Å²) in [6, 6.07) is 14.9. The normalized spacial score (nSPS) is 19.5. The summed E-state index contributed by atoms with van der Waals surface area (Å²) in [6.45, 7) is 1.54. The molecule has 2 aromatic carbocycles. The lowest BCUT2D eigenvalue weighted by Gasteiger charge is -2.40. The van der Waals surface area contributed by atoms with E-state index in [2.05, 4.69) is 4.98 Å². The van der Waals surface area contributed by atoms with Crippen LogP contribution in [0.4, 0.5) is 4.39 Å². The summed E-state index contributed by atoms with van der Waals surface area (Å²) >= 11 is 0. The summed E-state index contributed by atoms with van der Waals surface area (Å²) in [6.07, 6.45) is 4.37. The minimum Gasteiger partial charge on any atom is -0.381 e. The average molecular weight is 475 g/mol. The molecule has 5 rings (SSSR count). The van der Waals surface area contributed by atoms with Gasteiger partial charge >= 0.3 is 0 Å². The Morgan fingerprint density at radius 2 is 1.86 bits per heavy atom. The molecular weight excluding hydrogens is 447 g/mol. The van der Waals surface area contributed by atoms with E-state index in [1.807, 2.05) is 17.0 Å². The number of aromatic nitrogens is 2. The van der Waals surface area contributed by atoms with Crippen molar-refractivity contribution in [2.75, 3.05) is 19.8 Å². The van der Waals surface area contributed by atoms with Crippen molar-refractivity contribution in [1.29, 1.82) is 0 Å². The lowest BCUT2D eigenvalue weighted by Crippen LogP contribution is -2.49. The molecule has 0 unspecified atom stereocenters. The van der Waals surface area contributed by atoms with E-state index in [-0.39, 0.29) is 17.8 Å². The standard InChI is InChI=1S/C27H27FN4O3/c28-21-4-1-3-20(17-21)27(11-15-35-16-12-27)26(34)32-14-2-5-23(32)22-10-13-30-25(31-22)19-8-6-18(7-9-19)24(29)33/h1,3-4,6-10,13,17,23H,2,5,11-12,14-16H2,(H2,29,33)/t23-/m1/s1. The molecule has 0 saturated carbocycles. The Labute approximate surface area is 203 Å². The summed E-state index contributed by atoms with van der Waals surface area (Å²) in [7, 11) is 0. The number of halogens is 1. The SMILES string of the molecule is NC(=O)c1ccc(-c2nccc([C@H]3CCCN3C(=O)C3(c4cccc(F)c4)CCOCC3)n2)cc1. The fourth-order valence-electron chi connectivity index (χ4n) is 5.21. The Kier molecular flexibility index (Phi) is 6.30. The molecule has 1 aromatic heterocycles. The van der Waals surface area contributed by atoms with Crippen LogP contribution in [-0.2, 0) is 14.9 Å². The molecule has 1 atom stereocenters. The molecular formula is C27H27FN4O3. The van der Waals surface area contributed by atoms with E-state index in [1.165, 1.54) is 12.1 Å². The number of hydrogen-bond donors (Lipinski definition) is 1. The first kappa shape index (κ1) is 23.1. The fourth-order valence-corrected chi connectivity index (χ4v) is 5.21. The highest BCUT2D eigenvalue weighted by Crippen LogP contribution is 2.41. The quantitative estimate of drug-likeness (QED) is 0.607. The van der Waals surface area contributed by atoms with Gasteiger partial charge in [-0.05, 0) is 61.6 Å². The van der Waals surface area contributed by atoms with E-state index in [4.69, 9.17) is 15.5 Å². The third-order valence-corrected chi connectivity index (χ3v) is 7.09. The molecule has 3 heterocycles. The van der Waals surface area contributed by atoms with Gasteiger partial charge in [0.15, 0.2) is 5.82 Å². The predicted molar refractivity (Wildman–Crippen MR) is 128 cm³/mol. The van der Waals surface area contributed by atoms with Crippen molar-refractivity contribution in [3.8, 4) is 11.4 Å². The van der Waals surface area contributed by atoms with Gasteiger partial charge in [-0.1, -0.05) is 24.3 Å². The lowest BCUT2D eigenvalue weighted by molar-refractivity contribution is -0.142. The van der Waals surface area contributed by atoms with Gasteiger partial charge in [0.1, 0.15) is 5.82 Å². The number of benzene rings is 2. The van der Waals surface area contributed by atoms with Crippen LogP contribution in [0.2, 0.25) is 0 Å². The molecule has 0 radical (unpaired) electrons. The first-order valence-corrected chi connectivity index (χ1v) is 11.9. The largest absolute Gasteiger partial charge is 0.381 e. The minimum absolute atomic E-state index is 0.000117. The topological polar surface area (TPSA) is 98.4 Å². The van der Waals surface area contributed by atoms with Crippen molar-refractivity contribution in [1.82, 2.24) is 14.9 Å². The number of nitrogens with two attached hydrogens (primary N) is 1. The van der Waals surface area contributed by atoms with E-state index < -0.39 is 11.3 Å². The van der Waals surface area contributed by atoms with Crippen LogP contribution in [0.1, 0.15) is 53.3 Å². The number of nitrogens with zero attached hydrogens (tertiary/aromatic N) is 3. The maximum atomic E-state index is 14.2. The number of amides is 2. The zero-order chi connectivity index (χ0) is 24.4.